The van der Waals surface area contributed by atoms with Gasteiger partial charge < -0.3 is 14.3 Å². The van der Waals surface area contributed by atoms with E-state index >= 15 is 0 Å². The highest BCUT2D eigenvalue weighted by atomic mass is 19.1. The molecule has 0 atom stereocenters. The second-order valence-electron chi connectivity index (χ2n) is 4.77. The molecule has 0 aliphatic carbocycles. The maximum Gasteiger partial charge on any atom is 0.337 e. The standard InChI is InChI=1S/C16H14FN3O4/c1-22-16(21)11-6-7-13-14(10-11)20(19-18-13)24-9-8-23-15-5-3-2-4-12(15)17/h2-7,10H,8-9H2,1H3. The van der Waals surface area contributed by atoms with Crippen molar-refractivity contribution < 1.29 is 23.5 Å². The number of hydrogen-bond acceptors (Lipinski definition) is 6. The van der Waals surface area contributed by atoms with Gasteiger partial charge in [0.2, 0.25) is 0 Å². The van der Waals surface area contributed by atoms with Crippen LogP contribution in [-0.2, 0) is 4.74 Å². The van der Waals surface area contributed by atoms with Crippen molar-refractivity contribution in [1.29, 1.82) is 0 Å². The lowest BCUT2D eigenvalue weighted by Crippen LogP contribution is -2.19. The Balaban J connectivity index is 1.65. The first-order valence-corrected chi connectivity index (χ1v) is 7.13. The molecule has 0 unspecified atom stereocenters. The van der Waals surface area contributed by atoms with E-state index in [4.69, 9.17) is 9.57 Å². The number of benzene rings is 2. The van der Waals surface area contributed by atoms with E-state index in [0.29, 0.717) is 16.6 Å². The van der Waals surface area contributed by atoms with Crippen LogP contribution in [0, 0.1) is 5.82 Å². The Labute approximate surface area is 136 Å². The van der Waals surface area contributed by atoms with Crippen LogP contribution in [0.2, 0.25) is 0 Å². The lowest BCUT2D eigenvalue weighted by atomic mass is 10.2. The molecule has 0 spiro atoms. The van der Waals surface area contributed by atoms with Crippen molar-refractivity contribution in [2.75, 3.05) is 20.3 Å². The number of rotatable bonds is 6. The van der Waals surface area contributed by atoms with Gasteiger partial charge in [0.15, 0.2) is 18.2 Å². The second-order valence-corrected chi connectivity index (χ2v) is 4.77. The summed E-state index contributed by atoms with van der Waals surface area (Å²) in [5, 5.41) is 7.78. The SMILES string of the molecule is COC(=O)c1ccc2nnn(OCCOc3ccccc3F)c2c1. The number of aromatic nitrogens is 3. The van der Waals surface area contributed by atoms with Crippen LogP contribution in [0.3, 0.4) is 0 Å². The van der Waals surface area contributed by atoms with Gasteiger partial charge in [-0.25, -0.2) is 9.18 Å². The minimum atomic E-state index is -0.465. The zero-order chi connectivity index (χ0) is 16.9. The highest BCUT2D eigenvalue weighted by molar-refractivity contribution is 5.93. The van der Waals surface area contributed by atoms with E-state index in [2.05, 4.69) is 15.0 Å². The molecule has 8 heteroatoms. The molecule has 0 N–H and O–H groups in total. The lowest BCUT2D eigenvalue weighted by molar-refractivity contribution is 0.0597. The molecule has 0 fully saturated rings. The maximum absolute atomic E-state index is 13.4. The molecule has 1 heterocycles. The summed E-state index contributed by atoms with van der Waals surface area (Å²) in [6, 6.07) is 10.9. The summed E-state index contributed by atoms with van der Waals surface area (Å²) in [7, 11) is 1.30. The predicted molar refractivity (Wildman–Crippen MR) is 82.2 cm³/mol. The third-order valence-electron chi connectivity index (χ3n) is 3.23. The number of carbonyl (C=O) groups excluding carboxylic acids is 1. The number of para-hydroxylation sites is 1. The van der Waals surface area contributed by atoms with Gasteiger partial charge in [-0.2, -0.15) is 0 Å². The zero-order valence-corrected chi connectivity index (χ0v) is 12.8. The average Bonchev–Trinajstić information content (AvgIpc) is 3.01. The van der Waals surface area contributed by atoms with Gasteiger partial charge in [-0.1, -0.05) is 17.0 Å². The number of methoxy groups -OCH3 is 1. The van der Waals surface area contributed by atoms with E-state index in [1.165, 1.54) is 24.1 Å². The van der Waals surface area contributed by atoms with Crippen LogP contribution < -0.4 is 9.57 Å². The summed E-state index contributed by atoms with van der Waals surface area (Å²) in [6.07, 6.45) is 0. The fraction of sp³-hybridized carbons (Fsp3) is 0.188. The largest absolute Gasteiger partial charge is 0.487 e. The van der Waals surface area contributed by atoms with E-state index in [1.54, 1.807) is 30.3 Å². The number of esters is 1. The molecular weight excluding hydrogens is 317 g/mol. The van der Waals surface area contributed by atoms with Gasteiger partial charge in [0.05, 0.1) is 12.7 Å². The monoisotopic (exact) mass is 331 g/mol. The third kappa shape index (κ3) is 3.27. The summed E-state index contributed by atoms with van der Waals surface area (Å²) in [5.74, 6) is -0.753. The molecule has 0 bridgehead atoms. The average molecular weight is 331 g/mol. The Kier molecular flexibility index (Phi) is 4.55. The fourth-order valence-corrected chi connectivity index (χ4v) is 2.08. The molecule has 124 valence electrons. The third-order valence-corrected chi connectivity index (χ3v) is 3.23. The van der Waals surface area contributed by atoms with Crippen LogP contribution in [0.25, 0.3) is 11.0 Å². The topological polar surface area (TPSA) is 75.5 Å². The number of hydrogen-bond donors (Lipinski definition) is 0. The van der Waals surface area contributed by atoms with E-state index in [1.807, 2.05) is 0 Å². The van der Waals surface area contributed by atoms with Crippen LogP contribution in [0.15, 0.2) is 42.5 Å². The second kappa shape index (κ2) is 6.95. The van der Waals surface area contributed by atoms with Gasteiger partial charge >= 0.3 is 5.97 Å². The Morgan fingerprint density at radius 3 is 2.83 bits per heavy atom. The number of fused-ring (bicyclic) bond motifs is 1. The molecule has 0 saturated heterocycles. The van der Waals surface area contributed by atoms with Crippen LogP contribution in [0.4, 0.5) is 4.39 Å². The molecule has 24 heavy (non-hydrogen) atoms. The van der Waals surface area contributed by atoms with Crippen molar-refractivity contribution in [2.45, 2.75) is 0 Å². The highest BCUT2D eigenvalue weighted by Gasteiger charge is 2.11. The summed E-state index contributed by atoms with van der Waals surface area (Å²) < 4.78 is 23.4. The van der Waals surface area contributed by atoms with Gasteiger partial charge in [-0.3, -0.25) is 0 Å². The van der Waals surface area contributed by atoms with Crippen LogP contribution in [0.1, 0.15) is 10.4 Å². The number of carbonyl (C=O) groups is 1. The normalized spacial score (nSPS) is 10.6. The van der Waals surface area contributed by atoms with Crippen molar-refractivity contribution in [3.63, 3.8) is 0 Å². The van der Waals surface area contributed by atoms with Crippen LogP contribution >= 0.6 is 0 Å². The minimum Gasteiger partial charge on any atom is -0.487 e. The molecule has 0 amide bonds. The molecule has 1 aromatic heterocycles. The predicted octanol–water partition coefficient (Wildman–Crippen LogP) is 1.86. The summed E-state index contributed by atoms with van der Waals surface area (Å²) in [4.78, 5) is 18.2. The van der Waals surface area contributed by atoms with E-state index in [-0.39, 0.29) is 19.0 Å². The Bertz CT molecular complexity index is 865. The molecule has 0 radical (unpaired) electrons. The minimum absolute atomic E-state index is 0.120. The van der Waals surface area contributed by atoms with Gasteiger partial charge in [-0.15, -0.1) is 5.10 Å². The molecule has 7 nitrogen and oxygen atoms in total. The van der Waals surface area contributed by atoms with E-state index < -0.39 is 11.8 Å². The van der Waals surface area contributed by atoms with Crippen molar-refractivity contribution in [1.82, 2.24) is 15.2 Å². The van der Waals surface area contributed by atoms with Gasteiger partial charge in [0.25, 0.3) is 0 Å². The first-order valence-electron chi connectivity index (χ1n) is 7.13. The summed E-state index contributed by atoms with van der Waals surface area (Å²) >= 11 is 0. The van der Waals surface area contributed by atoms with Crippen molar-refractivity contribution in [3.05, 3.63) is 53.8 Å². The van der Waals surface area contributed by atoms with Gasteiger partial charge in [-0.05, 0) is 35.5 Å². The molecule has 3 aromatic rings. The van der Waals surface area contributed by atoms with E-state index in [0.717, 1.165) is 0 Å². The van der Waals surface area contributed by atoms with Crippen molar-refractivity contribution >= 4 is 17.0 Å². The van der Waals surface area contributed by atoms with E-state index in [9.17, 15) is 9.18 Å². The molecule has 3 rings (SSSR count). The quantitative estimate of drug-likeness (QED) is 0.507. The molecule has 2 aromatic carbocycles. The summed E-state index contributed by atoms with van der Waals surface area (Å²) in [6.45, 7) is 0.244. The van der Waals surface area contributed by atoms with Crippen LogP contribution in [0.5, 0.6) is 5.75 Å². The fourth-order valence-electron chi connectivity index (χ4n) is 2.08. The van der Waals surface area contributed by atoms with Crippen molar-refractivity contribution in [2.24, 2.45) is 0 Å². The molecule has 0 aliphatic rings. The maximum atomic E-state index is 13.4. The Morgan fingerprint density at radius 2 is 2.04 bits per heavy atom. The first-order chi connectivity index (χ1) is 11.7. The molecule has 0 aliphatic heterocycles. The smallest absolute Gasteiger partial charge is 0.337 e. The van der Waals surface area contributed by atoms with Crippen LogP contribution in [-0.4, -0.2) is 41.5 Å². The molecule has 0 saturated carbocycles. The van der Waals surface area contributed by atoms with Crippen molar-refractivity contribution in [3.8, 4) is 5.75 Å². The number of nitrogens with zero attached hydrogens (tertiary/aromatic N) is 3. The first kappa shape index (κ1) is 15.7. The lowest BCUT2D eigenvalue weighted by Gasteiger charge is -2.08. The highest BCUT2D eigenvalue weighted by Crippen LogP contribution is 2.15. The van der Waals surface area contributed by atoms with Gasteiger partial charge in [0.1, 0.15) is 17.6 Å². The zero-order valence-electron chi connectivity index (χ0n) is 12.8. The molecular formula is C16H14FN3O4. The Morgan fingerprint density at radius 1 is 1.21 bits per heavy atom. The summed E-state index contributed by atoms with van der Waals surface area (Å²) in [5.41, 5.74) is 1.45. The Hall–Kier alpha value is -3.16. The number of halogens is 1. The number of ether oxygens (including phenoxy) is 2. The van der Waals surface area contributed by atoms with Gasteiger partial charge in [0, 0.05) is 0 Å².